The number of hydrogen-bond donors (Lipinski definition) is 2. The van der Waals surface area contributed by atoms with Gasteiger partial charge in [0.2, 0.25) is 0 Å². The molecule has 0 unspecified atom stereocenters. The first-order chi connectivity index (χ1) is 13.2. The van der Waals surface area contributed by atoms with Gasteiger partial charge in [-0.05, 0) is 66.1 Å². The number of aromatic nitrogens is 1. The van der Waals surface area contributed by atoms with E-state index >= 15 is 0 Å². The molecule has 1 fully saturated rings. The van der Waals surface area contributed by atoms with Crippen molar-refractivity contribution in [2.24, 2.45) is 0 Å². The second-order valence-electron chi connectivity index (χ2n) is 9.44. The summed E-state index contributed by atoms with van der Waals surface area (Å²) >= 11 is 0. The fourth-order valence-corrected chi connectivity index (χ4v) is 2.70. The molecule has 162 valence electrons. The zero-order valence-corrected chi connectivity index (χ0v) is 18.6. The third kappa shape index (κ3) is 6.32. The van der Waals surface area contributed by atoms with Crippen LogP contribution in [0, 0.1) is 0 Å². The van der Waals surface area contributed by atoms with Gasteiger partial charge in [0.1, 0.15) is 11.4 Å². The first kappa shape index (κ1) is 23.4. The Hall–Kier alpha value is -1.84. The van der Waals surface area contributed by atoms with Crippen molar-refractivity contribution in [3.8, 4) is 0 Å². The molecule has 2 rings (SSSR count). The van der Waals surface area contributed by atoms with Crippen LogP contribution >= 0.6 is 0 Å². The maximum Gasteiger partial charge on any atom is 0.491 e. The monoisotopic (exact) mass is 407 g/mol. The van der Waals surface area contributed by atoms with Crippen LogP contribution < -0.4 is 10.4 Å². The summed E-state index contributed by atoms with van der Waals surface area (Å²) in [7, 11) is -1.19. The smallest absolute Gasteiger partial charge is 0.444 e. The van der Waals surface area contributed by atoms with Gasteiger partial charge in [-0.1, -0.05) is 0 Å². The lowest BCUT2D eigenvalue weighted by Crippen LogP contribution is -2.53. The standard InChI is InChI=1S/C20H34BN3O5/c1-18(2,3)28-17(25)24-12-10-23(11-13-24)16-14-15(8-9-22-16)21(27)29-20(6,7)19(4,5)26/h8-9,14,26-27H,10-13H2,1-7H3. The summed E-state index contributed by atoms with van der Waals surface area (Å²) in [6.45, 7) is 14.6. The van der Waals surface area contributed by atoms with Crippen molar-refractivity contribution in [3.05, 3.63) is 18.3 Å². The van der Waals surface area contributed by atoms with E-state index in [2.05, 4.69) is 9.88 Å². The van der Waals surface area contributed by atoms with Crippen molar-refractivity contribution in [1.29, 1.82) is 0 Å². The molecule has 0 aliphatic carbocycles. The minimum atomic E-state index is -1.19. The number of piperazine rings is 1. The summed E-state index contributed by atoms with van der Waals surface area (Å²) in [5.41, 5.74) is -2.03. The molecule has 9 heteroatoms. The maximum atomic E-state index is 12.2. The molecule has 8 nitrogen and oxygen atoms in total. The number of hydrogen-bond acceptors (Lipinski definition) is 7. The Labute approximate surface area is 174 Å². The molecular weight excluding hydrogens is 373 g/mol. The highest BCUT2D eigenvalue weighted by Crippen LogP contribution is 2.25. The first-order valence-corrected chi connectivity index (χ1v) is 9.97. The molecular formula is C20H34BN3O5. The van der Waals surface area contributed by atoms with Gasteiger partial charge in [-0.25, -0.2) is 9.78 Å². The van der Waals surface area contributed by atoms with Crippen LogP contribution in [0.4, 0.5) is 10.6 Å². The molecule has 0 radical (unpaired) electrons. The number of pyridine rings is 1. The molecule has 0 aromatic carbocycles. The molecule has 1 aromatic rings. The minimum absolute atomic E-state index is 0.309. The van der Waals surface area contributed by atoms with E-state index in [-0.39, 0.29) is 6.09 Å². The molecule has 0 saturated carbocycles. The topological polar surface area (TPSA) is 95.4 Å². The molecule has 0 spiro atoms. The van der Waals surface area contributed by atoms with E-state index in [1.807, 2.05) is 20.8 Å². The second kappa shape index (κ2) is 8.49. The largest absolute Gasteiger partial charge is 0.491 e. The summed E-state index contributed by atoms with van der Waals surface area (Å²) in [5.74, 6) is 0.704. The number of anilines is 1. The van der Waals surface area contributed by atoms with Gasteiger partial charge >= 0.3 is 13.2 Å². The fraction of sp³-hybridized carbons (Fsp3) is 0.700. The Balaban J connectivity index is 2.01. The van der Waals surface area contributed by atoms with Crippen LogP contribution in [0.2, 0.25) is 0 Å². The van der Waals surface area contributed by atoms with Gasteiger partial charge in [-0.3, -0.25) is 0 Å². The lowest BCUT2D eigenvalue weighted by atomic mass is 9.77. The van der Waals surface area contributed by atoms with E-state index < -0.39 is 23.9 Å². The van der Waals surface area contributed by atoms with Crippen LogP contribution in [0.5, 0.6) is 0 Å². The van der Waals surface area contributed by atoms with Crippen molar-refractivity contribution >= 4 is 24.5 Å². The van der Waals surface area contributed by atoms with Crippen molar-refractivity contribution < 1.29 is 24.3 Å². The Kier molecular flexibility index (Phi) is 6.87. The van der Waals surface area contributed by atoms with Crippen LogP contribution in [0.25, 0.3) is 0 Å². The molecule has 2 heterocycles. The van der Waals surface area contributed by atoms with Crippen molar-refractivity contribution in [2.75, 3.05) is 31.1 Å². The third-order valence-electron chi connectivity index (χ3n) is 5.19. The minimum Gasteiger partial charge on any atom is -0.444 e. The number of carbonyl (C=O) groups is 1. The average molecular weight is 407 g/mol. The number of nitrogens with zero attached hydrogens (tertiary/aromatic N) is 3. The van der Waals surface area contributed by atoms with Crippen molar-refractivity contribution in [3.63, 3.8) is 0 Å². The molecule has 1 aliphatic rings. The van der Waals surface area contributed by atoms with Gasteiger partial charge in [0.05, 0.1) is 11.2 Å². The molecule has 0 bridgehead atoms. The summed E-state index contributed by atoms with van der Waals surface area (Å²) < 4.78 is 11.1. The summed E-state index contributed by atoms with van der Waals surface area (Å²) in [6, 6.07) is 3.46. The van der Waals surface area contributed by atoms with Gasteiger partial charge in [0, 0.05) is 32.4 Å². The normalized spacial score (nSPS) is 16.0. The molecule has 1 aliphatic heterocycles. The van der Waals surface area contributed by atoms with Gasteiger partial charge < -0.3 is 29.3 Å². The zero-order chi connectivity index (χ0) is 22.0. The van der Waals surface area contributed by atoms with Crippen molar-refractivity contribution in [1.82, 2.24) is 9.88 Å². The van der Waals surface area contributed by atoms with Crippen LogP contribution in [0.15, 0.2) is 18.3 Å². The van der Waals surface area contributed by atoms with E-state index in [9.17, 15) is 14.9 Å². The number of carbonyl (C=O) groups excluding carboxylic acids is 1. The molecule has 1 saturated heterocycles. The van der Waals surface area contributed by atoms with Crippen LogP contribution in [0.3, 0.4) is 0 Å². The Morgan fingerprint density at radius 3 is 2.21 bits per heavy atom. The number of amides is 1. The van der Waals surface area contributed by atoms with Crippen molar-refractivity contribution in [2.45, 2.75) is 65.3 Å². The highest BCUT2D eigenvalue weighted by Gasteiger charge is 2.39. The molecule has 1 amide bonds. The highest BCUT2D eigenvalue weighted by molar-refractivity contribution is 6.60. The second-order valence-corrected chi connectivity index (χ2v) is 9.44. The van der Waals surface area contributed by atoms with E-state index in [0.29, 0.717) is 37.5 Å². The average Bonchev–Trinajstić information content (AvgIpc) is 2.59. The zero-order valence-electron chi connectivity index (χ0n) is 18.6. The van der Waals surface area contributed by atoms with E-state index in [1.165, 1.54) is 0 Å². The number of ether oxygens (including phenoxy) is 1. The third-order valence-corrected chi connectivity index (χ3v) is 5.19. The fourth-order valence-electron chi connectivity index (χ4n) is 2.70. The van der Waals surface area contributed by atoms with Crippen LogP contribution in [0.1, 0.15) is 48.5 Å². The summed E-state index contributed by atoms with van der Waals surface area (Å²) in [5, 5.41) is 20.8. The lowest BCUT2D eigenvalue weighted by Gasteiger charge is -2.38. The predicted molar refractivity (Wildman–Crippen MR) is 113 cm³/mol. The molecule has 0 atom stereocenters. The lowest BCUT2D eigenvalue weighted by molar-refractivity contribution is -0.0982. The van der Waals surface area contributed by atoms with E-state index in [1.54, 1.807) is 50.9 Å². The summed E-state index contributed by atoms with van der Waals surface area (Å²) in [4.78, 5) is 20.4. The van der Waals surface area contributed by atoms with Gasteiger partial charge in [0.15, 0.2) is 0 Å². The predicted octanol–water partition coefficient (Wildman–Crippen LogP) is 1.39. The SMILES string of the molecule is CC(C)(C)OC(=O)N1CCN(c2cc(B(O)OC(C)(C)C(C)(C)O)ccn2)CC1. The van der Waals surface area contributed by atoms with Gasteiger partial charge in [-0.2, -0.15) is 0 Å². The number of aliphatic hydroxyl groups is 1. The molecule has 1 aromatic heterocycles. The van der Waals surface area contributed by atoms with Gasteiger partial charge in [-0.15, -0.1) is 0 Å². The summed E-state index contributed by atoms with van der Waals surface area (Å²) in [6.07, 6.45) is 1.31. The van der Waals surface area contributed by atoms with E-state index in [4.69, 9.17) is 9.39 Å². The molecule has 2 N–H and O–H groups in total. The quantitative estimate of drug-likeness (QED) is 0.713. The molecule has 29 heavy (non-hydrogen) atoms. The Morgan fingerprint density at radius 2 is 1.69 bits per heavy atom. The van der Waals surface area contributed by atoms with Crippen LogP contribution in [-0.2, 0) is 9.39 Å². The van der Waals surface area contributed by atoms with Gasteiger partial charge in [0.25, 0.3) is 0 Å². The Morgan fingerprint density at radius 1 is 1.10 bits per heavy atom. The van der Waals surface area contributed by atoms with Crippen LogP contribution in [-0.4, -0.2) is 76.2 Å². The van der Waals surface area contributed by atoms with E-state index in [0.717, 1.165) is 0 Å². The number of rotatable bonds is 5. The Bertz CT molecular complexity index is 707. The first-order valence-electron chi connectivity index (χ1n) is 9.97. The highest BCUT2D eigenvalue weighted by atomic mass is 16.6. The maximum absolute atomic E-state index is 12.2.